The quantitative estimate of drug-likeness (QED) is 0.0530. The summed E-state index contributed by atoms with van der Waals surface area (Å²) in [7, 11) is 0. The lowest BCUT2D eigenvalue weighted by Gasteiger charge is -2.29. The molecule has 10 nitrogen and oxygen atoms in total. The van der Waals surface area contributed by atoms with E-state index in [1.165, 1.54) is 57.8 Å². The summed E-state index contributed by atoms with van der Waals surface area (Å²) in [5.74, 6) is 0.0633. The van der Waals surface area contributed by atoms with Crippen molar-refractivity contribution in [3.63, 3.8) is 0 Å². The molecule has 10 heteroatoms. The van der Waals surface area contributed by atoms with Crippen molar-refractivity contribution in [3.05, 3.63) is 42.7 Å². The summed E-state index contributed by atoms with van der Waals surface area (Å²) in [6.45, 7) is 13.0. The molecular formula is C34H58NO9+. The predicted octanol–water partition coefficient (Wildman–Crippen LogP) is 4.98. The largest absolute Gasteiger partial charge is 0.460 e. The van der Waals surface area contributed by atoms with E-state index in [1.54, 1.807) is 0 Å². The second-order valence-electron chi connectivity index (χ2n) is 10.9. The predicted molar refractivity (Wildman–Crippen MR) is 167 cm³/mol. The van der Waals surface area contributed by atoms with Gasteiger partial charge >= 0.3 is 5.97 Å². The van der Waals surface area contributed by atoms with Gasteiger partial charge in [-0.3, -0.25) is 0 Å². The maximum atomic E-state index is 10.9. The molecule has 0 saturated carbocycles. The third-order valence-electron chi connectivity index (χ3n) is 7.24. The first-order valence-electron chi connectivity index (χ1n) is 16.6. The van der Waals surface area contributed by atoms with E-state index in [2.05, 4.69) is 30.2 Å². The van der Waals surface area contributed by atoms with Crippen molar-refractivity contribution < 1.29 is 47.3 Å². The second-order valence-corrected chi connectivity index (χ2v) is 10.9. The molecule has 1 saturated heterocycles. The zero-order valence-corrected chi connectivity index (χ0v) is 27.1. The molecule has 0 atom stereocenters. The number of carbonyl (C=O) groups excluding carboxylic acids is 1. The Bertz CT molecular complexity index is 815. The van der Waals surface area contributed by atoms with Crippen molar-refractivity contribution >= 4 is 5.97 Å². The number of rotatable bonds is 29. The van der Waals surface area contributed by atoms with Crippen molar-refractivity contribution in [2.24, 2.45) is 5.92 Å². The van der Waals surface area contributed by atoms with Crippen LogP contribution in [-0.2, 0) is 49.2 Å². The third-order valence-corrected chi connectivity index (χ3v) is 7.24. The van der Waals surface area contributed by atoms with Crippen molar-refractivity contribution in [2.45, 2.75) is 77.5 Å². The lowest BCUT2D eigenvalue weighted by molar-refractivity contribution is -0.698. The molecule has 252 valence electrons. The maximum absolute atomic E-state index is 10.9. The Morgan fingerprint density at radius 3 is 1.75 bits per heavy atom. The molecule has 0 N–H and O–H groups in total. The minimum absolute atomic E-state index is 0.207. The van der Waals surface area contributed by atoms with Crippen LogP contribution < -0.4 is 4.57 Å². The van der Waals surface area contributed by atoms with Crippen LogP contribution >= 0.6 is 0 Å². The highest BCUT2D eigenvalue weighted by atomic mass is 16.7. The third kappa shape index (κ3) is 20.2. The van der Waals surface area contributed by atoms with Gasteiger partial charge in [-0.2, -0.15) is 0 Å². The molecule has 0 bridgehead atoms. The SMILES string of the molecule is C=CC(=O)OCCOCCOCCOCCOCCOCC[n+]1ccc(C2OCC(CCCCCCCCCC)CO2)cc1. The summed E-state index contributed by atoms with van der Waals surface area (Å²) >= 11 is 0. The molecule has 0 spiro atoms. The number of ether oxygens (including phenoxy) is 8. The minimum atomic E-state index is -0.451. The minimum Gasteiger partial charge on any atom is -0.460 e. The van der Waals surface area contributed by atoms with Gasteiger partial charge < -0.3 is 37.9 Å². The molecule has 0 unspecified atom stereocenters. The van der Waals surface area contributed by atoms with E-state index in [0.717, 1.165) is 31.4 Å². The van der Waals surface area contributed by atoms with Crippen molar-refractivity contribution in [1.29, 1.82) is 0 Å². The first kappa shape index (κ1) is 38.3. The van der Waals surface area contributed by atoms with E-state index >= 15 is 0 Å². The second kappa shape index (κ2) is 27.4. The van der Waals surface area contributed by atoms with Gasteiger partial charge in [0.05, 0.1) is 72.7 Å². The number of esters is 1. The first-order valence-corrected chi connectivity index (χ1v) is 16.6. The Labute approximate surface area is 265 Å². The molecule has 1 aliphatic rings. The molecule has 1 aromatic heterocycles. The van der Waals surface area contributed by atoms with E-state index in [1.807, 2.05) is 12.4 Å². The summed E-state index contributed by atoms with van der Waals surface area (Å²) in [6.07, 6.45) is 17.0. The fraction of sp³-hybridized carbons (Fsp3) is 0.765. The van der Waals surface area contributed by atoms with E-state index in [-0.39, 0.29) is 12.9 Å². The Morgan fingerprint density at radius 2 is 1.23 bits per heavy atom. The summed E-state index contributed by atoms with van der Waals surface area (Å²) in [5.41, 5.74) is 1.06. The van der Waals surface area contributed by atoms with Gasteiger partial charge in [-0.15, -0.1) is 0 Å². The lowest BCUT2D eigenvalue weighted by Crippen LogP contribution is -2.36. The van der Waals surface area contributed by atoms with Gasteiger partial charge in [0, 0.05) is 29.7 Å². The van der Waals surface area contributed by atoms with Gasteiger partial charge in [0.1, 0.15) is 13.2 Å². The van der Waals surface area contributed by atoms with Gasteiger partial charge in [0.15, 0.2) is 25.2 Å². The van der Waals surface area contributed by atoms with Crippen LogP contribution in [0.15, 0.2) is 37.2 Å². The van der Waals surface area contributed by atoms with Gasteiger partial charge in [-0.05, 0) is 6.42 Å². The Balaban J connectivity index is 1.35. The first-order chi connectivity index (χ1) is 21.7. The highest BCUT2D eigenvalue weighted by Crippen LogP contribution is 2.26. The topological polar surface area (TPSA) is 94.8 Å². The van der Waals surface area contributed by atoms with Crippen LogP contribution in [0.5, 0.6) is 0 Å². The van der Waals surface area contributed by atoms with Crippen molar-refractivity contribution in [1.82, 2.24) is 0 Å². The van der Waals surface area contributed by atoms with Gasteiger partial charge in [-0.25, -0.2) is 9.36 Å². The molecule has 0 aliphatic carbocycles. The van der Waals surface area contributed by atoms with E-state index in [9.17, 15) is 4.79 Å². The van der Waals surface area contributed by atoms with E-state index in [0.29, 0.717) is 72.0 Å². The Kier molecular flexibility index (Phi) is 23.8. The van der Waals surface area contributed by atoms with Gasteiger partial charge in [0.25, 0.3) is 0 Å². The smallest absolute Gasteiger partial charge is 0.330 e. The van der Waals surface area contributed by atoms with E-state index < -0.39 is 5.97 Å². The van der Waals surface area contributed by atoms with Crippen molar-refractivity contribution in [2.75, 3.05) is 85.9 Å². The summed E-state index contributed by atoms with van der Waals surface area (Å²) in [6, 6.07) is 4.13. The normalized spacial score (nSPS) is 16.7. The van der Waals surface area contributed by atoms with E-state index in [4.69, 9.17) is 37.9 Å². The Morgan fingerprint density at radius 1 is 0.750 bits per heavy atom. The summed E-state index contributed by atoms with van der Waals surface area (Å²) in [5, 5.41) is 0. The molecule has 1 aliphatic heterocycles. The summed E-state index contributed by atoms with van der Waals surface area (Å²) in [4.78, 5) is 10.9. The van der Waals surface area contributed by atoms with Crippen LogP contribution in [0.1, 0.15) is 76.6 Å². The standard InChI is InChI=1S/C34H58NO9/c1-3-5-6-7-8-9-10-11-12-31-29-43-34(44-30-31)32-13-15-35(16-14-32)17-18-37-19-20-38-21-22-39-23-24-40-25-26-41-27-28-42-33(36)4-2/h4,13-16,31,34H,2-3,5-12,17-30H2,1H3/q+1. The highest BCUT2D eigenvalue weighted by Gasteiger charge is 2.24. The van der Waals surface area contributed by atoms with Crippen LogP contribution in [0, 0.1) is 5.92 Å². The molecule has 2 heterocycles. The maximum Gasteiger partial charge on any atom is 0.330 e. The number of hydrogen-bond donors (Lipinski definition) is 0. The monoisotopic (exact) mass is 624 g/mol. The average Bonchev–Trinajstić information content (AvgIpc) is 3.06. The number of pyridine rings is 1. The molecule has 0 aromatic carbocycles. The van der Waals surface area contributed by atoms with Crippen molar-refractivity contribution in [3.8, 4) is 0 Å². The molecule has 2 rings (SSSR count). The Hall–Kier alpha value is -1.92. The number of hydrogen-bond acceptors (Lipinski definition) is 9. The zero-order valence-electron chi connectivity index (χ0n) is 27.1. The zero-order chi connectivity index (χ0) is 31.3. The average molecular weight is 625 g/mol. The number of nitrogens with zero attached hydrogens (tertiary/aromatic N) is 1. The molecular weight excluding hydrogens is 566 g/mol. The molecule has 44 heavy (non-hydrogen) atoms. The van der Waals surface area contributed by atoms with Crippen LogP contribution in [-0.4, -0.2) is 91.9 Å². The fourth-order valence-electron chi connectivity index (χ4n) is 4.66. The molecule has 1 aromatic rings. The van der Waals surface area contributed by atoms with Gasteiger partial charge in [-0.1, -0.05) is 64.9 Å². The highest BCUT2D eigenvalue weighted by molar-refractivity contribution is 5.81. The number of unbranched alkanes of at least 4 members (excludes halogenated alkanes) is 7. The van der Waals surface area contributed by atoms with Crippen LogP contribution in [0.4, 0.5) is 0 Å². The van der Waals surface area contributed by atoms with Crippen LogP contribution in [0.3, 0.4) is 0 Å². The van der Waals surface area contributed by atoms with Gasteiger partial charge in [0.2, 0.25) is 0 Å². The molecule has 1 fully saturated rings. The van der Waals surface area contributed by atoms with Crippen LogP contribution in [0.2, 0.25) is 0 Å². The fourth-order valence-corrected chi connectivity index (χ4v) is 4.66. The number of aromatic nitrogens is 1. The molecule has 0 radical (unpaired) electrons. The summed E-state index contributed by atoms with van der Waals surface area (Å²) < 4.78 is 46.4. The lowest BCUT2D eigenvalue weighted by atomic mass is 10.0. The number of carbonyl (C=O) groups is 1. The molecule has 0 amide bonds. The van der Waals surface area contributed by atoms with Crippen LogP contribution in [0.25, 0.3) is 0 Å².